The van der Waals surface area contributed by atoms with Gasteiger partial charge in [-0.05, 0) is 30.3 Å². The first-order chi connectivity index (χ1) is 9.47. The van der Waals surface area contributed by atoms with E-state index in [1.165, 1.54) is 0 Å². The van der Waals surface area contributed by atoms with Crippen LogP contribution in [0.2, 0.25) is 5.15 Å². The van der Waals surface area contributed by atoms with Crippen LogP contribution in [0, 0.1) is 10.1 Å². The fourth-order valence-corrected chi connectivity index (χ4v) is 1.90. The van der Waals surface area contributed by atoms with Gasteiger partial charge in [0.2, 0.25) is 0 Å². The van der Waals surface area contributed by atoms with E-state index in [9.17, 15) is 14.9 Å². The molecule has 0 unspecified atom stereocenters. The third-order valence-corrected chi connectivity index (χ3v) is 3.13. The van der Waals surface area contributed by atoms with Gasteiger partial charge in [-0.3, -0.25) is 14.9 Å². The van der Waals surface area contributed by atoms with Crippen molar-refractivity contribution in [2.75, 3.05) is 5.32 Å². The third kappa shape index (κ3) is 3.31. The number of benzene rings is 1. The average molecular weight is 357 g/mol. The predicted molar refractivity (Wildman–Crippen MR) is 78.0 cm³/mol. The maximum Gasteiger partial charge on any atom is 0.300 e. The van der Waals surface area contributed by atoms with Crippen LogP contribution < -0.4 is 5.32 Å². The van der Waals surface area contributed by atoms with E-state index in [-0.39, 0.29) is 10.7 Å². The highest BCUT2D eigenvalue weighted by atomic mass is 79.9. The number of carbonyl (C=O) groups excluding carboxylic acids is 1. The van der Waals surface area contributed by atoms with E-state index < -0.39 is 16.5 Å². The van der Waals surface area contributed by atoms with Crippen LogP contribution in [-0.2, 0) is 0 Å². The van der Waals surface area contributed by atoms with E-state index in [1.54, 1.807) is 24.3 Å². The largest absolute Gasteiger partial charge is 0.322 e. The lowest BCUT2D eigenvalue weighted by atomic mass is 10.2. The standard InChI is InChI=1S/C12H7BrClN3O3/c13-7-1-3-8(4-2-7)16-12(18)9-5-11(14)15-6-10(9)17(19)20/h1-6H,(H,16,18). The number of nitrogens with one attached hydrogen (secondary N) is 1. The molecule has 0 spiro atoms. The van der Waals surface area contributed by atoms with Crippen LogP contribution >= 0.6 is 27.5 Å². The summed E-state index contributed by atoms with van der Waals surface area (Å²) in [4.78, 5) is 25.9. The van der Waals surface area contributed by atoms with Crippen molar-refractivity contribution in [2.24, 2.45) is 0 Å². The van der Waals surface area contributed by atoms with E-state index in [2.05, 4.69) is 26.2 Å². The van der Waals surface area contributed by atoms with Gasteiger partial charge in [0.25, 0.3) is 11.6 Å². The highest BCUT2D eigenvalue weighted by Gasteiger charge is 2.21. The van der Waals surface area contributed by atoms with Crippen molar-refractivity contribution in [1.82, 2.24) is 4.98 Å². The van der Waals surface area contributed by atoms with E-state index >= 15 is 0 Å². The number of rotatable bonds is 3. The van der Waals surface area contributed by atoms with Crippen molar-refractivity contribution >= 4 is 44.8 Å². The normalized spacial score (nSPS) is 10.1. The molecular weight excluding hydrogens is 350 g/mol. The molecule has 0 aliphatic heterocycles. The second kappa shape index (κ2) is 5.98. The minimum atomic E-state index is -0.681. The summed E-state index contributed by atoms with van der Waals surface area (Å²) in [7, 11) is 0. The van der Waals surface area contributed by atoms with E-state index in [0.717, 1.165) is 16.7 Å². The van der Waals surface area contributed by atoms with E-state index in [4.69, 9.17) is 11.6 Å². The van der Waals surface area contributed by atoms with Gasteiger partial charge in [0.15, 0.2) is 0 Å². The van der Waals surface area contributed by atoms with Gasteiger partial charge in [0.05, 0.1) is 4.92 Å². The number of halogens is 2. The second-order valence-corrected chi connectivity index (χ2v) is 5.05. The highest BCUT2D eigenvalue weighted by molar-refractivity contribution is 9.10. The van der Waals surface area contributed by atoms with Crippen molar-refractivity contribution in [1.29, 1.82) is 0 Å². The Kier molecular flexibility index (Phi) is 4.31. The first-order valence-corrected chi connectivity index (χ1v) is 6.51. The molecule has 8 heteroatoms. The van der Waals surface area contributed by atoms with Crippen LogP contribution in [0.3, 0.4) is 0 Å². The van der Waals surface area contributed by atoms with Crippen molar-refractivity contribution in [2.45, 2.75) is 0 Å². The molecular formula is C12H7BrClN3O3. The molecule has 1 N–H and O–H groups in total. The first-order valence-electron chi connectivity index (χ1n) is 5.34. The minimum Gasteiger partial charge on any atom is -0.322 e. The lowest BCUT2D eigenvalue weighted by Crippen LogP contribution is -2.14. The van der Waals surface area contributed by atoms with Gasteiger partial charge in [-0.25, -0.2) is 4.98 Å². The van der Waals surface area contributed by atoms with Crippen LogP contribution in [0.5, 0.6) is 0 Å². The molecule has 0 aliphatic rings. The molecule has 6 nitrogen and oxygen atoms in total. The monoisotopic (exact) mass is 355 g/mol. The Morgan fingerprint density at radius 2 is 2.00 bits per heavy atom. The van der Waals surface area contributed by atoms with E-state index in [0.29, 0.717) is 5.69 Å². The number of carbonyl (C=O) groups is 1. The Morgan fingerprint density at radius 3 is 2.60 bits per heavy atom. The number of anilines is 1. The molecule has 2 rings (SSSR count). The van der Waals surface area contributed by atoms with Gasteiger partial charge in [-0.1, -0.05) is 27.5 Å². The quantitative estimate of drug-likeness (QED) is 0.516. The lowest BCUT2D eigenvalue weighted by molar-refractivity contribution is -0.385. The molecule has 0 bridgehead atoms. The number of pyridine rings is 1. The van der Waals surface area contributed by atoms with Gasteiger partial charge in [0, 0.05) is 10.2 Å². The molecule has 20 heavy (non-hydrogen) atoms. The number of nitrogens with zero attached hydrogens (tertiary/aromatic N) is 2. The SMILES string of the molecule is O=C(Nc1ccc(Br)cc1)c1cc(Cl)ncc1[N+](=O)[O-]. The number of aromatic nitrogens is 1. The molecule has 2 aromatic rings. The Labute approximate surface area is 127 Å². The Balaban J connectivity index is 2.31. The summed E-state index contributed by atoms with van der Waals surface area (Å²) in [5, 5.41) is 13.4. The molecule has 0 saturated heterocycles. The summed E-state index contributed by atoms with van der Waals surface area (Å²) >= 11 is 8.94. The first kappa shape index (κ1) is 14.4. The highest BCUT2D eigenvalue weighted by Crippen LogP contribution is 2.22. The Bertz CT molecular complexity index is 676. The van der Waals surface area contributed by atoms with Gasteiger partial charge in [-0.15, -0.1) is 0 Å². The summed E-state index contributed by atoms with van der Waals surface area (Å²) in [6, 6.07) is 7.97. The molecule has 0 aliphatic carbocycles. The molecule has 1 aromatic heterocycles. The van der Waals surface area contributed by atoms with Crippen LogP contribution in [0.1, 0.15) is 10.4 Å². The predicted octanol–water partition coefficient (Wildman–Crippen LogP) is 3.66. The topological polar surface area (TPSA) is 85.1 Å². The maximum atomic E-state index is 12.1. The zero-order valence-corrected chi connectivity index (χ0v) is 12.2. The van der Waals surface area contributed by atoms with Crippen LogP contribution in [-0.4, -0.2) is 15.8 Å². The fourth-order valence-electron chi connectivity index (χ4n) is 1.48. The minimum absolute atomic E-state index is 0.0107. The van der Waals surface area contributed by atoms with Crippen molar-refractivity contribution in [3.63, 3.8) is 0 Å². The summed E-state index contributed by atoms with van der Waals surface area (Å²) < 4.78 is 0.855. The smallest absolute Gasteiger partial charge is 0.300 e. The van der Waals surface area contributed by atoms with Gasteiger partial charge in [-0.2, -0.15) is 0 Å². The molecule has 0 fully saturated rings. The van der Waals surface area contributed by atoms with Crippen molar-refractivity contribution in [3.8, 4) is 0 Å². The van der Waals surface area contributed by atoms with Crippen molar-refractivity contribution in [3.05, 3.63) is 61.8 Å². The lowest BCUT2D eigenvalue weighted by Gasteiger charge is -2.06. The molecule has 0 radical (unpaired) electrons. The zero-order valence-electron chi connectivity index (χ0n) is 9.84. The summed E-state index contributed by atoms with van der Waals surface area (Å²) in [5.41, 5.74) is -0.0256. The molecule has 1 aromatic carbocycles. The number of amides is 1. The van der Waals surface area contributed by atoms with Crippen LogP contribution in [0.25, 0.3) is 0 Å². The van der Waals surface area contributed by atoms with Crippen LogP contribution in [0.4, 0.5) is 11.4 Å². The Hall–Kier alpha value is -1.99. The number of hydrogen-bond donors (Lipinski definition) is 1. The van der Waals surface area contributed by atoms with Crippen molar-refractivity contribution < 1.29 is 9.72 Å². The molecule has 0 atom stereocenters. The summed E-state index contributed by atoms with van der Waals surface area (Å²) in [6.07, 6.45) is 0.957. The Morgan fingerprint density at radius 1 is 1.35 bits per heavy atom. The van der Waals surface area contributed by atoms with Gasteiger partial charge in [0.1, 0.15) is 16.9 Å². The average Bonchev–Trinajstić information content (AvgIpc) is 2.41. The third-order valence-electron chi connectivity index (χ3n) is 2.39. The molecule has 1 heterocycles. The molecule has 1 amide bonds. The summed E-state index contributed by atoms with van der Waals surface area (Å²) in [5.74, 6) is -0.622. The zero-order chi connectivity index (χ0) is 14.7. The summed E-state index contributed by atoms with van der Waals surface area (Å²) in [6.45, 7) is 0. The van der Waals surface area contributed by atoms with Crippen LogP contribution in [0.15, 0.2) is 41.0 Å². The van der Waals surface area contributed by atoms with E-state index in [1.807, 2.05) is 0 Å². The second-order valence-electron chi connectivity index (χ2n) is 3.74. The number of hydrogen-bond acceptors (Lipinski definition) is 4. The number of nitro groups is 1. The van der Waals surface area contributed by atoms with Gasteiger partial charge < -0.3 is 5.32 Å². The van der Waals surface area contributed by atoms with Gasteiger partial charge >= 0.3 is 0 Å². The molecule has 0 saturated carbocycles. The fraction of sp³-hybridized carbons (Fsp3) is 0. The molecule has 102 valence electrons. The maximum absolute atomic E-state index is 12.1.